The number of halogens is 1. The Kier molecular flexibility index (Phi) is 3.82. The molecular weight excluding hydrogens is 238 g/mol. The van der Waals surface area contributed by atoms with Crippen LogP contribution in [0.15, 0.2) is 18.2 Å². The minimum Gasteiger partial charge on any atom is -0.497 e. The van der Waals surface area contributed by atoms with E-state index in [1.54, 1.807) is 32.2 Å². The van der Waals surface area contributed by atoms with Gasteiger partial charge >= 0.3 is 0 Å². The van der Waals surface area contributed by atoms with E-state index >= 15 is 0 Å². The monoisotopic (exact) mass is 249 g/mol. The Bertz CT molecular complexity index is 445. The van der Waals surface area contributed by atoms with Crippen LogP contribution in [0.25, 0.3) is 0 Å². The third kappa shape index (κ3) is 3.28. The lowest BCUT2D eigenvalue weighted by atomic mass is 10.2. The molecule has 0 amide bonds. The number of aryl methyl sites for hydroxylation is 1. The van der Waals surface area contributed by atoms with Crippen LogP contribution < -0.4 is 9.46 Å². The second kappa shape index (κ2) is 4.72. The molecule has 0 aliphatic carbocycles. The van der Waals surface area contributed by atoms with Gasteiger partial charge in [0.05, 0.1) is 12.8 Å². The Morgan fingerprint density at radius 1 is 1.47 bits per heavy atom. The molecule has 1 N–H and O–H groups in total. The van der Waals surface area contributed by atoms with Gasteiger partial charge in [-0.25, -0.2) is 8.42 Å². The predicted molar refractivity (Wildman–Crippen MR) is 61.0 cm³/mol. The van der Waals surface area contributed by atoms with Crippen LogP contribution >= 0.6 is 11.6 Å². The topological polar surface area (TPSA) is 55.4 Å². The largest absolute Gasteiger partial charge is 0.497 e. The minimum absolute atomic E-state index is 0.460. The molecule has 0 unspecified atom stereocenters. The van der Waals surface area contributed by atoms with Crippen LogP contribution in [0.4, 0.5) is 5.69 Å². The van der Waals surface area contributed by atoms with Crippen molar-refractivity contribution in [2.75, 3.05) is 17.0 Å². The second-order valence-electron chi connectivity index (χ2n) is 3.01. The maximum Gasteiger partial charge on any atom is 0.246 e. The summed E-state index contributed by atoms with van der Waals surface area (Å²) < 4.78 is 29.8. The summed E-state index contributed by atoms with van der Waals surface area (Å²) in [6.07, 6.45) is 0. The normalized spacial score (nSPS) is 11.1. The molecule has 1 rings (SSSR count). The van der Waals surface area contributed by atoms with E-state index in [4.69, 9.17) is 16.3 Å². The lowest BCUT2D eigenvalue weighted by Crippen LogP contribution is -2.14. The van der Waals surface area contributed by atoms with Crippen LogP contribution in [0.5, 0.6) is 5.75 Å². The lowest BCUT2D eigenvalue weighted by Gasteiger charge is -2.09. The van der Waals surface area contributed by atoms with E-state index in [2.05, 4.69) is 4.72 Å². The van der Waals surface area contributed by atoms with E-state index in [0.717, 1.165) is 5.56 Å². The highest BCUT2D eigenvalue weighted by Crippen LogP contribution is 2.22. The summed E-state index contributed by atoms with van der Waals surface area (Å²) in [7, 11) is -1.89. The van der Waals surface area contributed by atoms with Crippen molar-refractivity contribution in [1.82, 2.24) is 0 Å². The number of nitrogens with one attached hydrogen (secondary N) is 1. The molecule has 0 fully saturated rings. The first kappa shape index (κ1) is 12.1. The van der Waals surface area contributed by atoms with Gasteiger partial charge in [0, 0.05) is 0 Å². The predicted octanol–water partition coefficient (Wildman–Crippen LogP) is 1.94. The van der Waals surface area contributed by atoms with Crippen molar-refractivity contribution in [2.45, 2.75) is 6.92 Å². The lowest BCUT2D eigenvalue weighted by molar-refractivity contribution is 0.414. The summed E-state index contributed by atoms with van der Waals surface area (Å²) in [5, 5.41) is -0.460. The molecule has 0 saturated carbocycles. The van der Waals surface area contributed by atoms with Crippen LogP contribution in [-0.4, -0.2) is 20.7 Å². The SMILES string of the molecule is COc1ccc(NS(=O)(=O)CCl)c(C)c1. The number of hydrogen-bond acceptors (Lipinski definition) is 3. The molecule has 0 spiro atoms. The second-order valence-corrected chi connectivity index (χ2v) is 5.31. The standard InChI is InChI=1S/C9H12ClNO3S/c1-7-5-8(14-2)3-4-9(7)11-15(12,13)6-10/h3-5,11H,6H2,1-2H3. The molecular formula is C9H12ClNO3S. The molecule has 0 heterocycles. The van der Waals surface area contributed by atoms with Gasteiger partial charge in [-0.2, -0.15) is 0 Å². The quantitative estimate of drug-likeness (QED) is 0.830. The summed E-state index contributed by atoms with van der Waals surface area (Å²) in [5.41, 5.74) is 1.29. The van der Waals surface area contributed by atoms with Gasteiger partial charge in [-0.15, -0.1) is 11.6 Å². The van der Waals surface area contributed by atoms with Gasteiger partial charge < -0.3 is 4.74 Å². The van der Waals surface area contributed by atoms with Crippen molar-refractivity contribution in [1.29, 1.82) is 0 Å². The van der Waals surface area contributed by atoms with Crippen LogP contribution in [-0.2, 0) is 10.0 Å². The van der Waals surface area contributed by atoms with E-state index in [1.165, 1.54) is 0 Å². The first-order valence-corrected chi connectivity index (χ1v) is 6.38. The molecule has 1 aromatic rings. The van der Waals surface area contributed by atoms with Gasteiger partial charge in [-0.1, -0.05) is 0 Å². The summed E-state index contributed by atoms with van der Waals surface area (Å²) in [5.74, 6) is 0.682. The highest BCUT2D eigenvalue weighted by Gasteiger charge is 2.09. The van der Waals surface area contributed by atoms with Crippen molar-refractivity contribution in [2.24, 2.45) is 0 Å². The third-order valence-corrected chi connectivity index (χ3v) is 3.52. The summed E-state index contributed by atoms with van der Waals surface area (Å²) in [6, 6.07) is 5.06. The maximum absolute atomic E-state index is 11.2. The van der Waals surface area contributed by atoms with Gasteiger partial charge in [0.25, 0.3) is 0 Å². The van der Waals surface area contributed by atoms with E-state index in [-0.39, 0.29) is 0 Å². The molecule has 1 aromatic carbocycles. The molecule has 0 aliphatic rings. The molecule has 0 aromatic heterocycles. The Labute approximate surface area is 94.3 Å². The van der Waals surface area contributed by atoms with E-state index in [0.29, 0.717) is 11.4 Å². The highest BCUT2D eigenvalue weighted by atomic mass is 35.5. The number of hydrogen-bond donors (Lipinski definition) is 1. The minimum atomic E-state index is -3.44. The average Bonchev–Trinajstić information content (AvgIpc) is 2.21. The van der Waals surface area contributed by atoms with Crippen LogP contribution in [0, 0.1) is 6.92 Å². The van der Waals surface area contributed by atoms with Crippen molar-refractivity contribution in [3.05, 3.63) is 23.8 Å². The number of ether oxygens (including phenoxy) is 1. The number of methoxy groups -OCH3 is 1. The fraction of sp³-hybridized carbons (Fsp3) is 0.333. The number of anilines is 1. The van der Waals surface area contributed by atoms with Gasteiger partial charge in [0.15, 0.2) is 0 Å². The van der Waals surface area contributed by atoms with Crippen LogP contribution in [0.3, 0.4) is 0 Å². The van der Waals surface area contributed by atoms with Gasteiger partial charge in [-0.3, -0.25) is 4.72 Å². The number of benzene rings is 1. The molecule has 0 radical (unpaired) electrons. The smallest absolute Gasteiger partial charge is 0.246 e. The maximum atomic E-state index is 11.2. The Hall–Kier alpha value is -0.940. The first-order chi connectivity index (χ1) is 6.98. The molecule has 0 aliphatic heterocycles. The number of alkyl halides is 1. The molecule has 15 heavy (non-hydrogen) atoms. The number of rotatable bonds is 4. The zero-order valence-corrected chi connectivity index (χ0v) is 10.0. The summed E-state index contributed by atoms with van der Waals surface area (Å²) >= 11 is 5.28. The van der Waals surface area contributed by atoms with Crippen LogP contribution in [0.2, 0.25) is 0 Å². The summed E-state index contributed by atoms with van der Waals surface area (Å²) in [4.78, 5) is 0. The van der Waals surface area contributed by atoms with Gasteiger partial charge in [0.1, 0.15) is 11.0 Å². The van der Waals surface area contributed by atoms with Crippen LogP contribution in [0.1, 0.15) is 5.56 Å². The molecule has 0 bridgehead atoms. The summed E-state index contributed by atoms with van der Waals surface area (Å²) in [6.45, 7) is 1.79. The third-order valence-electron chi connectivity index (χ3n) is 1.84. The fourth-order valence-corrected chi connectivity index (χ4v) is 1.85. The zero-order chi connectivity index (χ0) is 11.5. The Balaban J connectivity index is 2.97. The Morgan fingerprint density at radius 2 is 2.13 bits per heavy atom. The zero-order valence-electron chi connectivity index (χ0n) is 8.45. The molecule has 84 valence electrons. The van der Waals surface area contributed by atoms with Crippen molar-refractivity contribution in [3.8, 4) is 5.75 Å². The number of sulfonamides is 1. The van der Waals surface area contributed by atoms with Gasteiger partial charge in [0.2, 0.25) is 10.0 Å². The van der Waals surface area contributed by atoms with E-state index in [1.807, 2.05) is 0 Å². The molecule has 0 saturated heterocycles. The molecule has 4 nitrogen and oxygen atoms in total. The highest BCUT2D eigenvalue weighted by molar-refractivity contribution is 7.93. The fourth-order valence-electron chi connectivity index (χ4n) is 1.07. The molecule has 0 atom stereocenters. The van der Waals surface area contributed by atoms with Crippen molar-refractivity contribution >= 4 is 27.3 Å². The van der Waals surface area contributed by atoms with Crippen molar-refractivity contribution in [3.63, 3.8) is 0 Å². The average molecular weight is 250 g/mol. The molecule has 6 heteroatoms. The van der Waals surface area contributed by atoms with E-state index in [9.17, 15) is 8.42 Å². The van der Waals surface area contributed by atoms with Gasteiger partial charge in [-0.05, 0) is 30.7 Å². The van der Waals surface area contributed by atoms with Crippen molar-refractivity contribution < 1.29 is 13.2 Å². The van der Waals surface area contributed by atoms with E-state index < -0.39 is 15.2 Å². The Morgan fingerprint density at radius 3 is 2.60 bits per heavy atom. The first-order valence-electron chi connectivity index (χ1n) is 4.19.